The van der Waals surface area contributed by atoms with Gasteiger partial charge in [-0.05, 0) is 176 Å². The molecule has 12 nitrogen and oxygen atoms in total. The fourth-order valence-electron chi connectivity index (χ4n) is 13.0. The van der Waals surface area contributed by atoms with Gasteiger partial charge in [0.15, 0.2) is 23.0 Å². The molecule has 71 heavy (non-hydrogen) atoms. The molecule has 1 spiro atoms. The number of likely N-dealkylation sites (N-methyl/N-ethyl adjacent to an activating group) is 1. The number of fused-ring (bicyclic) bond motifs is 7. The summed E-state index contributed by atoms with van der Waals surface area (Å²) in [5.74, 6) is -0.305. The number of benzene rings is 4. The molecule has 12 heteroatoms. The Hall–Kier alpha value is -6.50. The van der Waals surface area contributed by atoms with E-state index in [0.717, 1.165) is 82.9 Å². The Morgan fingerprint density at radius 1 is 1.00 bits per heavy atom. The van der Waals surface area contributed by atoms with E-state index in [1.165, 1.54) is 0 Å². The third-order valence-corrected chi connectivity index (χ3v) is 16.2. The van der Waals surface area contributed by atoms with Crippen LogP contribution in [0.25, 0.3) is 10.8 Å². The largest absolute Gasteiger partial charge is 0.668 e. The zero-order chi connectivity index (χ0) is 49.2. The lowest BCUT2D eigenvalue weighted by atomic mass is 9.58. The Morgan fingerprint density at radius 2 is 1.89 bits per heavy atom. The van der Waals surface area contributed by atoms with Gasteiger partial charge < -0.3 is 50.6 Å². The maximum Gasteiger partial charge on any atom is 0.200 e. The second kappa shape index (κ2) is 20.7. The van der Waals surface area contributed by atoms with E-state index < -0.39 is 23.4 Å². The minimum atomic E-state index is -1.08. The molecule has 6 aromatic rings. The van der Waals surface area contributed by atoms with E-state index in [1.54, 1.807) is 30.3 Å². The highest BCUT2D eigenvalue weighted by molar-refractivity contribution is 5.93. The van der Waals surface area contributed by atoms with Crippen LogP contribution in [0.2, 0.25) is 0 Å². The lowest BCUT2D eigenvalue weighted by molar-refractivity contribution is -0.132. The predicted octanol–water partition coefficient (Wildman–Crippen LogP) is 10.4. The van der Waals surface area contributed by atoms with Crippen molar-refractivity contribution >= 4 is 28.1 Å². The average Bonchev–Trinajstić information content (AvgIpc) is 4.04. The molecular weight excluding hydrogens is 893 g/mol. The van der Waals surface area contributed by atoms with Gasteiger partial charge in [-0.3, -0.25) is 4.79 Å². The van der Waals surface area contributed by atoms with Crippen molar-refractivity contribution in [1.82, 2.24) is 15.3 Å². The minimum Gasteiger partial charge on any atom is -0.668 e. The Bertz CT molecular complexity index is 2900. The van der Waals surface area contributed by atoms with E-state index >= 15 is 4.79 Å². The van der Waals surface area contributed by atoms with Gasteiger partial charge in [-0.15, -0.1) is 0 Å². The van der Waals surface area contributed by atoms with Gasteiger partial charge in [-0.2, -0.15) is 11.9 Å². The summed E-state index contributed by atoms with van der Waals surface area (Å²) in [5.41, 5.74) is 5.41. The minimum absolute atomic E-state index is 0.0201. The molecule has 0 amide bonds. The number of Topliss-reactive ketones (excluding diaryl/α,β-unsaturated/α-hetero) is 1. The summed E-state index contributed by atoms with van der Waals surface area (Å²) in [6, 6.07) is 24.5. The summed E-state index contributed by atoms with van der Waals surface area (Å²) in [6.45, 7) is 3.57. The van der Waals surface area contributed by atoms with Crippen molar-refractivity contribution in [3.63, 3.8) is 0 Å². The van der Waals surface area contributed by atoms with Gasteiger partial charge in [0.1, 0.15) is 17.4 Å². The number of aliphatic hydroxyl groups is 1. The molecule has 4 aliphatic rings. The topological polar surface area (TPSA) is 188 Å². The second-order valence-electron chi connectivity index (χ2n) is 20.9. The quantitative estimate of drug-likeness (QED) is 0.0455. The molecular formula is C59H67N4O8-. The van der Waals surface area contributed by atoms with E-state index in [1.807, 2.05) is 61.9 Å². The second-order valence-corrected chi connectivity index (χ2v) is 20.9. The number of anilines is 2. The molecule has 0 saturated heterocycles. The highest BCUT2D eigenvalue weighted by Gasteiger charge is 2.54. The number of allylic oxidation sites excluding steroid dienone is 1. The van der Waals surface area contributed by atoms with Gasteiger partial charge in [0.05, 0.1) is 25.2 Å². The van der Waals surface area contributed by atoms with E-state index in [9.17, 15) is 25.5 Å². The first-order valence-corrected chi connectivity index (χ1v) is 25.7. The number of carbonyl (C=O) groups excluding carboxylic acids is 1. The summed E-state index contributed by atoms with van der Waals surface area (Å²) >= 11 is 0. The normalized spacial score (nSPS) is 24.7. The third-order valence-electron chi connectivity index (χ3n) is 16.2. The molecule has 372 valence electrons. The average molecular weight is 960 g/mol. The number of carbonyl (C=O) groups is 1. The number of pyridine rings is 1. The van der Waals surface area contributed by atoms with E-state index in [2.05, 4.69) is 35.8 Å². The number of rotatable bonds is 12. The molecule has 4 aromatic carbocycles. The van der Waals surface area contributed by atoms with Crippen molar-refractivity contribution in [3.8, 4) is 34.5 Å². The summed E-state index contributed by atoms with van der Waals surface area (Å²) in [7, 11) is 1.91. The number of aromatic hydroxyl groups is 4. The lowest BCUT2D eigenvalue weighted by Crippen LogP contribution is -2.50. The highest BCUT2D eigenvalue weighted by Crippen LogP contribution is 2.56. The van der Waals surface area contributed by atoms with Crippen molar-refractivity contribution < 1.29 is 39.8 Å². The van der Waals surface area contributed by atoms with Crippen LogP contribution >= 0.6 is 0 Å². The number of phenols is 4. The monoisotopic (exact) mass is 959 g/mol. The summed E-state index contributed by atoms with van der Waals surface area (Å²) in [6.07, 6.45) is 14.5. The van der Waals surface area contributed by atoms with E-state index in [0.29, 0.717) is 68.5 Å². The van der Waals surface area contributed by atoms with Gasteiger partial charge in [0.25, 0.3) is 0 Å². The van der Waals surface area contributed by atoms with Gasteiger partial charge in [0, 0.05) is 41.7 Å². The van der Waals surface area contributed by atoms with Crippen molar-refractivity contribution in [1.29, 1.82) is 0 Å². The number of aromatic nitrogens is 2. The molecule has 2 aromatic heterocycles. The van der Waals surface area contributed by atoms with Crippen LogP contribution in [0.5, 0.6) is 34.5 Å². The zero-order valence-electron chi connectivity index (χ0n) is 40.8. The molecule has 4 heterocycles. The standard InChI is InChI=1S/C59H67N4O8/c1-35-7-3-8-36(25-35)34-71-53-30-40(29-52(68)57(53)69)39-26-41(33-60-2)55-46-16-15-45(64)27-38(46)12-17-48(55)63-54-32-43(20-23-62-54)59(21-4-9-42(59)31-44-10-5-22-61-44)56(51(67)28-39)49(65)18-13-37-14-19-50(66)58-47(37)11-6-24-70-58/h3,5,8,10,12,14-17,19-20,22-23,27,29-30,32,35-36,39,41-42,49,56,60,64-66,68-69H,4,6-7,9,11,13,18,21,24-26,28,31,33-34H2,1-2H3,(H,62,63)/q-1. The molecule has 2 aliphatic heterocycles. The van der Waals surface area contributed by atoms with Crippen molar-refractivity contribution in [2.24, 2.45) is 23.7 Å². The molecule has 1 fully saturated rings. The number of ketones is 1. The fraction of sp³-hybridized carbons (Fsp3) is 0.424. The smallest absolute Gasteiger partial charge is 0.200 e. The van der Waals surface area contributed by atoms with Crippen LogP contribution in [0.1, 0.15) is 110 Å². The van der Waals surface area contributed by atoms with E-state index in [4.69, 9.17) is 19.4 Å². The molecule has 10 rings (SSSR count). The number of aryl methyl sites for hydroxylation is 1. The maximum atomic E-state index is 16.3. The number of nitrogens with zero attached hydrogens (tertiary/aromatic N) is 2. The highest BCUT2D eigenvalue weighted by atomic mass is 16.5. The van der Waals surface area contributed by atoms with E-state index in [-0.39, 0.29) is 65.1 Å². The summed E-state index contributed by atoms with van der Waals surface area (Å²) < 4.78 is 12.3. The Kier molecular flexibility index (Phi) is 14.0. The lowest BCUT2D eigenvalue weighted by Gasteiger charge is -2.45. The maximum absolute atomic E-state index is 16.3. The van der Waals surface area contributed by atoms with Gasteiger partial charge in [-0.25, -0.2) is 4.98 Å². The van der Waals surface area contributed by atoms with Gasteiger partial charge in [-0.1, -0.05) is 55.8 Å². The van der Waals surface area contributed by atoms with Crippen LogP contribution in [-0.2, 0) is 29.5 Å². The van der Waals surface area contributed by atoms with Gasteiger partial charge in [0.2, 0.25) is 5.75 Å². The Balaban J connectivity index is 1.14. The van der Waals surface area contributed by atoms with Crippen molar-refractivity contribution in [3.05, 3.63) is 137 Å². The van der Waals surface area contributed by atoms with Crippen LogP contribution in [0, 0.1) is 23.7 Å². The van der Waals surface area contributed by atoms with Crippen molar-refractivity contribution in [2.75, 3.05) is 32.1 Å². The molecule has 0 radical (unpaired) electrons. The van der Waals surface area contributed by atoms with Crippen LogP contribution < -0.4 is 25.1 Å². The first-order chi connectivity index (χ1) is 34.5. The number of ether oxygens (including phenoxy) is 2. The van der Waals surface area contributed by atoms with Crippen LogP contribution in [0.15, 0.2) is 103 Å². The van der Waals surface area contributed by atoms with Crippen molar-refractivity contribution in [2.45, 2.75) is 107 Å². The molecule has 8 atom stereocenters. The zero-order valence-corrected chi connectivity index (χ0v) is 40.8. The number of nitrogens with one attached hydrogen (secondary N) is 2. The first kappa shape index (κ1) is 48.1. The number of phenolic OH excluding ortho intramolecular Hbond substituents is 4. The summed E-state index contributed by atoms with van der Waals surface area (Å²) in [5, 5.41) is 66.5. The molecule has 8 unspecified atom stereocenters. The molecule has 2 aliphatic carbocycles. The van der Waals surface area contributed by atoms with Gasteiger partial charge >= 0.3 is 0 Å². The number of aliphatic hydroxyl groups excluding tert-OH is 1. The predicted molar refractivity (Wildman–Crippen MR) is 275 cm³/mol. The van der Waals surface area contributed by atoms with Crippen LogP contribution in [0.4, 0.5) is 11.5 Å². The Morgan fingerprint density at radius 3 is 2.72 bits per heavy atom. The first-order valence-electron chi connectivity index (χ1n) is 25.7. The fourth-order valence-corrected chi connectivity index (χ4v) is 13.0. The Labute approximate surface area is 416 Å². The van der Waals surface area contributed by atoms with Crippen LogP contribution in [-0.4, -0.2) is 69.2 Å². The molecule has 2 bridgehead atoms. The third kappa shape index (κ3) is 9.81. The van der Waals surface area contributed by atoms with Crippen LogP contribution in [0.3, 0.4) is 0 Å². The molecule has 1 saturated carbocycles. The summed E-state index contributed by atoms with van der Waals surface area (Å²) in [4.78, 5) is 26.0. The number of hydrogen-bond donors (Lipinski definition) is 7. The molecule has 7 N–H and O–H groups in total. The SMILES string of the molecule is CNCC1CC(c2cc(O)c(O)c(OCC3C=CCC(C)C3)c2)CC(=O)C(C(O)CCc2ccc(O)c3c2CCCO3)C2(CCCC2Cc2ccc[n-]2)c2ccnc(c2)Nc2ccc3cc(O)ccc3c21. The number of hydrogen-bond acceptors (Lipinski definition) is 11.